The van der Waals surface area contributed by atoms with Crippen LogP contribution in [0.2, 0.25) is 0 Å². The summed E-state index contributed by atoms with van der Waals surface area (Å²) in [6.07, 6.45) is 2.02. The number of hydrogen-bond acceptors (Lipinski definition) is 4. The largest absolute Gasteiger partial charge is 0.577 e. The van der Waals surface area contributed by atoms with Crippen molar-refractivity contribution in [2.75, 3.05) is 13.2 Å². The van der Waals surface area contributed by atoms with Gasteiger partial charge in [-0.3, -0.25) is 0 Å². The molecule has 1 fully saturated rings. The van der Waals surface area contributed by atoms with Crippen LogP contribution in [0.25, 0.3) is 0 Å². The second kappa shape index (κ2) is 6.53. The summed E-state index contributed by atoms with van der Waals surface area (Å²) in [7, 11) is 0. The lowest BCUT2D eigenvalue weighted by Crippen LogP contribution is -2.18. The molecule has 6 nitrogen and oxygen atoms in total. The Morgan fingerprint density at radius 1 is 1.32 bits per heavy atom. The summed E-state index contributed by atoms with van der Waals surface area (Å²) in [4.78, 5) is 24.3. The highest BCUT2D eigenvalue weighted by Gasteiger charge is 2.13. The number of carbonyl (C=O) groups excluding carboxylic acids is 2. The van der Waals surface area contributed by atoms with Crippen molar-refractivity contribution in [1.29, 1.82) is 0 Å². The lowest BCUT2D eigenvalue weighted by atomic mass is 10.1. The summed E-state index contributed by atoms with van der Waals surface area (Å²) in [6, 6.07) is 9.70. The average Bonchev–Trinajstić information content (AvgIpc) is 3.04. The highest BCUT2D eigenvalue weighted by molar-refractivity contribution is 5.91. The molecule has 0 aromatic heterocycles. The molecule has 2 amide bonds. The number of carbonyl (C=O) groups is 2. The number of hydrogen-bond donors (Lipinski definition) is 1. The van der Waals surface area contributed by atoms with Crippen molar-refractivity contribution < 1.29 is 19.1 Å². The molecule has 0 radical (unpaired) electrons. The second-order valence-electron chi connectivity index (χ2n) is 3.90. The van der Waals surface area contributed by atoms with E-state index in [1.54, 1.807) is 0 Å². The predicted octanol–water partition coefficient (Wildman–Crippen LogP) is 0.786. The first-order valence-corrected chi connectivity index (χ1v) is 5.85. The minimum atomic E-state index is -0.470. The van der Waals surface area contributed by atoms with E-state index in [1.807, 2.05) is 30.3 Å². The number of benzene rings is 1. The lowest BCUT2D eigenvalue weighted by molar-refractivity contribution is -0.122. The first-order valence-electron chi connectivity index (χ1n) is 5.85. The average molecular weight is 261 g/mol. The van der Waals surface area contributed by atoms with Crippen LogP contribution in [0.1, 0.15) is 5.56 Å². The molecule has 100 valence electrons. The third-order valence-electron chi connectivity index (χ3n) is 2.49. The Hall–Kier alpha value is -2.37. The van der Waals surface area contributed by atoms with Gasteiger partial charge in [0.05, 0.1) is 12.6 Å². The molecule has 0 bridgehead atoms. The number of aliphatic imine (C=N–C) groups is 1. The maximum atomic E-state index is 11.0. The maximum absolute atomic E-state index is 11.0. The van der Waals surface area contributed by atoms with Gasteiger partial charge in [-0.1, -0.05) is 30.3 Å². The van der Waals surface area contributed by atoms with Crippen LogP contribution in [0.15, 0.2) is 35.3 Å². The molecule has 0 spiro atoms. The molecule has 3 rings (SSSR count). The van der Waals surface area contributed by atoms with Crippen LogP contribution in [0.3, 0.4) is 0 Å². The van der Waals surface area contributed by atoms with Crippen LogP contribution in [-0.4, -0.2) is 37.7 Å². The highest BCUT2D eigenvalue weighted by atomic mass is 16.6. The lowest BCUT2D eigenvalue weighted by Gasteiger charge is -2.13. The van der Waals surface area contributed by atoms with E-state index in [1.165, 1.54) is 0 Å². The van der Waals surface area contributed by atoms with Crippen LogP contribution in [0, 0.1) is 0 Å². The Kier molecular flexibility index (Phi) is 4.49. The zero-order valence-electron chi connectivity index (χ0n) is 10.2. The van der Waals surface area contributed by atoms with Gasteiger partial charge in [0.1, 0.15) is 12.5 Å². The van der Waals surface area contributed by atoms with Crippen molar-refractivity contribution in [1.82, 2.24) is 5.32 Å². The Morgan fingerprint density at radius 2 is 2.11 bits per heavy atom. The zero-order chi connectivity index (χ0) is 13.5. The molecule has 2 aliphatic heterocycles. The van der Waals surface area contributed by atoms with E-state index in [9.17, 15) is 9.59 Å². The molecule has 2 heterocycles. The number of nitrogens with zero attached hydrogens (tertiary/aromatic N) is 1. The number of alkyl carbamates (subject to hydrolysis) is 1. The SMILES string of the molecule is O=C1N=[C-]O[C@@H]1Cc1ccccc1.O=C1NCCO1. The minimum Gasteiger partial charge on any atom is -0.577 e. The number of cyclic esters (lactones) is 1. The molecule has 2 aliphatic rings. The van der Waals surface area contributed by atoms with E-state index in [4.69, 9.17) is 4.74 Å². The van der Waals surface area contributed by atoms with Crippen molar-refractivity contribution >= 4 is 18.4 Å². The molecule has 1 N–H and O–H groups in total. The number of rotatable bonds is 2. The topological polar surface area (TPSA) is 77.0 Å². The van der Waals surface area contributed by atoms with Crippen LogP contribution >= 0.6 is 0 Å². The van der Waals surface area contributed by atoms with Crippen LogP contribution in [0.4, 0.5) is 4.79 Å². The summed E-state index contributed by atoms with van der Waals surface area (Å²) in [5.74, 6) is -0.246. The quantitative estimate of drug-likeness (QED) is 0.798. The first-order chi connectivity index (χ1) is 9.25. The van der Waals surface area contributed by atoms with Crippen LogP contribution < -0.4 is 5.32 Å². The Labute approximate surface area is 110 Å². The minimum absolute atomic E-state index is 0.246. The van der Waals surface area contributed by atoms with E-state index in [0.717, 1.165) is 5.56 Å². The van der Waals surface area contributed by atoms with Gasteiger partial charge in [-0.05, 0) is 12.0 Å². The van der Waals surface area contributed by atoms with Crippen LogP contribution in [-0.2, 0) is 20.7 Å². The fourth-order valence-corrected chi connectivity index (χ4v) is 1.56. The molecule has 1 saturated heterocycles. The predicted molar refractivity (Wildman–Crippen MR) is 66.8 cm³/mol. The molecule has 1 aromatic rings. The van der Waals surface area contributed by atoms with Crippen molar-refractivity contribution in [3.63, 3.8) is 0 Å². The number of nitrogens with one attached hydrogen (secondary N) is 1. The molecule has 0 aliphatic carbocycles. The maximum Gasteiger partial charge on any atom is 0.407 e. The molecular weight excluding hydrogens is 248 g/mol. The second-order valence-corrected chi connectivity index (χ2v) is 3.90. The highest BCUT2D eigenvalue weighted by Crippen LogP contribution is 2.09. The van der Waals surface area contributed by atoms with Gasteiger partial charge >= 0.3 is 6.09 Å². The fraction of sp³-hybridized carbons (Fsp3) is 0.308. The Morgan fingerprint density at radius 3 is 2.58 bits per heavy atom. The molecular formula is C13H13N2O4-. The number of amides is 2. The van der Waals surface area contributed by atoms with Gasteiger partial charge in [-0.2, -0.15) is 0 Å². The standard InChI is InChI=1S/C10H8NO2.C3H5NO2/c12-10-9(13-7-11-10)6-8-4-2-1-3-5-8;5-3-4-1-2-6-3/h1-5,9H,6H2;1-2H2,(H,4,5)/q-1;/t9-;/m1./s1. The third-order valence-corrected chi connectivity index (χ3v) is 2.49. The molecule has 1 atom stereocenters. The molecule has 0 unspecified atom stereocenters. The van der Waals surface area contributed by atoms with E-state index >= 15 is 0 Å². The summed E-state index contributed by atoms with van der Waals surface area (Å²) >= 11 is 0. The Bertz CT molecular complexity index is 465. The molecule has 1 aromatic carbocycles. The monoisotopic (exact) mass is 261 g/mol. The smallest absolute Gasteiger partial charge is 0.407 e. The van der Waals surface area contributed by atoms with Crippen molar-refractivity contribution in [2.24, 2.45) is 4.99 Å². The normalized spacial score (nSPS) is 20.1. The Balaban J connectivity index is 0.000000186. The van der Waals surface area contributed by atoms with E-state index in [0.29, 0.717) is 19.6 Å². The van der Waals surface area contributed by atoms with Gasteiger partial charge in [-0.25, -0.2) is 4.79 Å². The van der Waals surface area contributed by atoms with Gasteiger partial charge in [0.25, 0.3) is 0 Å². The van der Waals surface area contributed by atoms with Gasteiger partial charge in [0.2, 0.25) is 0 Å². The molecule has 6 heteroatoms. The molecule has 0 saturated carbocycles. The summed E-state index contributed by atoms with van der Waals surface area (Å²) in [5, 5.41) is 2.46. The summed E-state index contributed by atoms with van der Waals surface area (Å²) in [6.45, 7) is 1.19. The van der Waals surface area contributed by atoms with E-state index < -0.39 is 6.10 Å². The van der Waals surface area contributed by atoms with E-state index in [-0.39, 0.29) is 12.0 Å². The summed E-state index contributed by atoms with van der Waals surface area (Å²) < 4.78 is 9.31. The van der Waals surface area contributed by atoms with Gasteiger partial charge in [-0.15, -0.1) is 0 Å². The van der Waals surface area contributed by atoms with Gasteiger partial charge in [0, 0.05) is 6.40 Å². The van der Waals surface area contributed by atoms with E-state index in [2.05, 4.69) is 21.4 Å². The third kappa shape index (κ3) is 4.09. The van der Waals surface area contributed by atoms with Crippen molar-refractivity contribution in [3.8, 4) is 0 Å². The first kappa shape index (κ1) is 13.1. The van der Waals surface area contributed by atoms with Gasteiger partial charge in [0.15, 0.2) is 0 Å². The molecule has 19 heavy (non-hydrogen) atoms. The van der Waals surface area contributed by atoms with Crippen LogP contribution in [0.5, 0.6) is 0 Å². The van der Waals surface area contributed by atoms with Crippen molar-refractivity contribution in [2.45, 2.75) is 12.5 Å². The zero-order valence-corrected chi connectivity index (χ0v) is 10.2. The fourth-order valence-electron chi connectivity index (χ4n) is 1.56. The van der Waals surface area contributed by atoms with Gasteiger partial charge < -0.3 is 24.6 Å². The number of ether oxygens (including phenoxy) is 2. The van der Waals surface area contributed by atoms with Crippen molar-refractivity contribution in [3.05, 3.63) is 35.9 Å². The summed E-state index contributed by atoms with van der Waals surface area (Å²) in [5.41, 5.74) is 1.07.